The molecule has 2 aromatic carbocycles. The van der Waals surface area contributed by atoms with Gasteiger partial charge in [0, 0.05) is 0 Å². The van der Waals surface area contributed by atoms with Crippen molar-refractivity contribution in [1.82, 2.24) is 0 Å². The molecule has 0 amide bonds. The largest absolute Gasteiger partial charge is 0.372 e. The van der Waals surface area contributed by atoms with Gasteiger partial charge in [-0.3, -0.25) is 0 Å². The molecule has 0 saturated heterocycles. The topological polar surface area (TPSA) is 43.4 Å². The van der Waals surface area contributed by atoms with Gasteiger partial charge in [-0.05, 0) is 37.0 Å². The predicted molar refractivity (Wildman–Crippen MR) is 87.4 cm³/mol. The van der Waals surface area contributed by atoms with E-state index in [9.17, 15) is 8.42 Å². The standard InChI is InChI=1S/C16H16O3S2/c1-13-8-10-15(11-9-13)21(17,18)19-16(20-2)12-14-6-4-3-5-7-14/h3-12H,1-2H3/b16-12-. The first kappa shape index (κ1) is 15.7. The molecule has 0 aliphatic heterocycles. The Bertz CT molecular complexity index is 718. The van der Waals surface area contributed by atoms with Crippen LogP contribution in [0.5, 0.6) is 0 Å². The number of benzene rings is 2. The van der Waals surface area contributed by atoms with Crippen molar-refractivity contribution in [3.63, 3.8) is 0 Å². The zero-order chi connectivity index (χ0) is 15.3. The lowest BCUT2D eigenvalue weighted by molar-refractivity contribution is 0.436. The molecule has 3 nitrogen and oxygen atoms in total. The lowest BCUT2D eigenvalue weighted by Gasteiger charge is -2.09. The minimum atomic E-state index is -3.80. The van der Waals surface area contributed by atoms with E-state index < -0.39 is 10.1 Å². The molecule has 0 bridgehead atoms. The first-order valence-corrected chi connectivity index (χ1v) is 8.96. The molecule has 0 saturated carbocycles. The Morgan fingerprint density at radius 3 is 2.24 bits per heavy atom. The van der Waals surface area contributed by atoms with Crippen LogP contribution in [0.2, 0.25) is 0 Å². The zero-order valence-corrected chi connectivity index (χ0v) is 13.4. The van der Waals surface area contributed by atoms with Crippen LogP contribution in [-0.2, 0) is 14.3 Å². The van der Waals surface area contributed by atoms with E-state index in [2.05, 4.69) is 0 Å². The third-order valence-electron chi connectivity index (χ3n) is 2.79. The number of thioether (sulfide) groups is 1. The Hall–Kier alpha value is -1.72. The number of hydrogen-bond donors (Lipinski definition) is 0. The van der Waals surface area contributed by atoms with Crippen LogP contribution in [-0.4, -0.2) is 14.7 Å². The van der Waals surface area contributed by atoms with Gasteiger partial charge in [0.1, 0.15) is 4.90 Å². The Balaban J connectivity index is 2.25. The van der Waals surface area contributed by atoms with Crippen LogP contribution in [0.1, 0.15) is 11.1 Å². The van der Waals surface area contributed by atoms with Gasteiger partial charge in [0.05, 0.1) is 0 Å². The maximum absolute atomic E-state index is 12.2. The molecule has 0 aliphatic rings. The van der Waals surface area contributed by atoms with E-state index >= 15 is 0 Å². The van der Waals surface area contributed by atoms with Crippen molar-refractivity contribution >= 4 is 28.0 Å². The van der Waals surface area contributed by atoms with E-state index in [1.807, 2.05) is 37.3 Å². The van der Waals surface area contributed by atoms with Gasteiger partial charge in [0.15, 0.2) is 5.09 Å². The normalized spacial score (nSPS) is 12.2. The molecule has 5 heteroatoms. The van der Waals surface area contributed by atoms with E-state index in [0.717, 1.165) is 11.1 Å². The fourth-order valence-electron chi connectivity index (χ4n) is 1.66. The molecule has 0 unspecified atom stereocenters. The van der Waals surface area contributed by atoms with Crippen molar-refractivity contribution in [1.29, 1.82) is 0 Å². The summed E-state index contributed by atoms with van der Waals surface area (Å²) in [4.78, 5) is 0.154. The summed E-state index contributed by atoms with van der Waals surface area (Å²) in [6, 6.07) is 16.0. The predicted octanol–water partition coefficient (Wildman–Crippen LogP) is 4.06. The quantitative estimate of drug-likeness (QED) is 0.615. The van der Waals surface area contributed by atoms with Crippen molar-refractivity contribution in [3.8, 4) is 0 Å². The monoisotopic (exact) mass is 320 g/mol. The molecule has 0 spiro atoms. The second-order valence-electron chi connectivity index (χ2n) is 4.43. The number of aryl methyl sites for hydroxylation is 1. The van der Waals surface area contributed by atoms with Crippen molar-refractivity contribution in [3.05, 3.63) is 70.8 Å². The van der Waals surface area contributed by atoms with Gasteiger partial charge in [-0.15, -0.1) is 0 Å². The molecule has 0 heterocycles. The molecule has 0 radical (unpaired) electrons. The van der Waals surface area contributed by atoms with Crippen LogP contribution in [0, 0.1) is 6.92 Å². The van der Waals surface area contributed by atoms with Crippen LogP contribution in [0.15, 0.2) is 64.6 Å². The third kappa shape index (κ3) is 4.37. The molecule has 2 aromatic rings. The van der Waals surface area contributed by atoms with Crippen LogP contribution >= 0.6 is 11.8 Å². The van der Waals surface area contributed by atoms with Crippen LogP contribution in [0.3, 0.4) is 0 Å². The second-order valence-corrected chi connectivity index (χ2v) is 6.79. The Morgan fingerprint density at radius 2 is 1.67 bits per heavy atom. The first-order valence-electron chi connectivity index (χ1n) is 6.33. The van der Waals surface area contributed by atoms with E-state index in [-0.39, 0.29) is 4.90 Å². The number of hydrogen-bond acceptors (Lipinski definition) is 4. The van der Waals surface area contributed by atoms with Crippen LogP contribution in [0.4, 0.5) is 0 Å². The summed E-state index contributed by atoms with van der Waals surface area (Å²) >= 11 is 1.25. The van der Waals surface area contributed by atoms with E-state index in [1.54, 1.807) is 36.6 Å². The van der Waals surface area contributed by atoms with E-state index in [4.69, 9.17) is 4.18 Å². The molecule has 0 aromatic heterocycles. The SMILES string of the molecule is CS/C(=C\c1ccccc1)OS(=O)(=O)c1ccc(C)cc1. The fraction of sp³-hybridized carbons (Fsp3) is 0.125. The molecule has 0 aliphatic carbocycles. The van der Waals surface area contributed by atoms with Crippen LogP contribution < -0.4 is 0 Å². The molecule has 0 atom stereocenters. The highest BCUT2D eigenvalue weighted by Crippen LogP contribution is 2.24. The molecular formula is C16H16O3S2. The average Bonchev–Trinajstić information content (AvgIpc) is 2.48. The highest BCUT2D eigenvalue weighted by atomic mass is 32.2. The second kappa shape index (κ2) is 6.83. The van der Waals surface area contributed by atoms with Gasteiger partial charge in [-0.25, -0.2) is 0 Å². The maximum atomic E-state index is 12.2. The van der Waals surface area contributed by atoms with Gasteiger partial charge >= 0.3 is 10.1 Å². The minimum Gasteiger partial charge on any atom is -0.372 e. The van der Waals surface area contributed by atoms with E-state index in [1.165, 1.54) is 11.8 Å². The highest BCUT2D eigenvalue weighted by Gasteiger charge is 2.17. The smallest absolute Gasteiger partial charge is 0.339 e. The fourth-order valence-corrected chi connectivity index (χ4v) is 3.29. The molecule has 21 heavy (non-hydrogen) atoms. The number of rotatable bonds is 5. The van der Waals surface area contributed by atoms with Gasteiger partial charge in [0.25, 0.3) is 0 Å². The molecular weight excluding hydrogens is 304 g/mol. The van der Waals surface area contributed by atoms with Gasteiger partial charge < -0.3 is 4.18 Å². The summed E-state index contributed by atoms with van der Waals surface area (Å²) in [5.41, 5.74) is 1.89. The van der Waals surface area contributed by atoms with Gasteiger partial charge in [-0.1, -0.05) is 59.8 Å². The van der Waals surface area contributed by atoms with Crippen LogP contribution in [0.25, 0.3) is 6.08 Å². The van der Waals surface area contributed by atoms with Crippen molar-refractivity contribution in [2.24, 2.45) is 0 Å². The summed E-state index contributed by atoms with van der Waals surface area (Å²) in [5.74, 6) is 0. The van der Waals surface area contributed by atoms with Crippen molar-refractivity contribution < 1.29 is 12.6 Å². The van der Waals surface area contributed by atoms with E-state index in [0.29, 0.717) is 5.09 Å². The maximum Gasteiger partial charge on any atom is 0.339 e. The summed E-state index contributed by atoms with van der Waals surface area (Å²) < 4.78 is 29.7. The Morgan fingerprint density at radius 1 is 1.05 bits per heavy atom. The average molecular weight is 320 g/mol. The zero-order valence-electron chi connectivity index (χ0n) is 11.8. The highest BCUT2D eigenvalue weighted by molar-refractivity contribution is 8.03. The van der Waals surface area contributed by atoms with Gasteiger partial charge in [-0.2, -0.15) is 8.42 Å². The van der Waals surface area contributed by atoms with Gasteiger partial charge in [0.2, 0.25) is 0 Å². The molecule has 2 rings (SSSR count). The summed E-state index contributed by atoms with van der Waals surface area (Å²) in [6.45, 7) is 1.90. The molecule has 110 valence electrons. The Labute approximate surface area is 129 Å². The Kier molecular flexibility index (Phi) is 5.09. The van der Waals surface area contributed by atoms with Crippen molar-refractivity contribution in [2.75, 3.05) is 6.26 Å². The lowest BCUT2D eigenvalue weighted by atomic mass is 10.2. The summed E-state index contributed by atoms with van der Waals surface area (Å²) in [5, 5.41) is 0.335. The van der Waals surface area contributed by atoms with Crippen molar-refractivity contribution in [2.45, 2.75) is 11.8 Å². The summed E-state index contributed by atoms with van der Waals surface area (Å²) in [6.07, 6.45) is 3.48. The summed E-state index contributed by atoms with van der Waals surface area (Å²) in [7, 11) is -3.80. The lowest BCUT2D eigenvalue weighted by Crippen LogP contribution is -2.05. The third-order valence-corrected chi connectivity index (χ3v) is 4.74. The molecule has 0 fully saturated rings. The first-order chi connectivity index (χ1) is 10.0. The molecule has 0 N–H and O–H groups in total. The minimum absolute atomic E-state index is 0.154.